The van der Waals surface area contributed by atoms with Gasteiger partial charge in [0.05, 0.1) is 6.04 Å². The number of benzene rings is 1. The zero-order valence-corrected chi connectivity index (χ0v) is 17.7. The largest absolute Gasteiger partial charge is 0.480 e. The number of hydrogen-bond acceptors (Lipinski definition) is 5. The number of aliphatic carboxylic acids is 1. The van der Waals surface area contributed by atoms with Crippen molar-refractivity contribution in [3.8, 4) is 0 Å². The number of nitrogens with one attached hydrogen (secondary N) is 1. The quantitative estimate of drug-likeness (QED) is 0.671. The molecule has 1 heterocycles. The van der Waals surface area contributed by atoms with Gasteiger partial charge in [0.2, 0.25) is 5.91 Å². The molecule has 0 bridgehead atoms. The highest BCUT2D eigenvalue weighted by molar-refractivity contribution is 5.91. The first-order chi connectivity index (χ1) is 14.1. The summed E-state index contributed by atoms with van der Waals surface area (Å²) < 4.78 is 5.26. The fourth-order valence-corrected chi connectivity index (χ4v) is 3.41. The Morgan fingerprint density at radius 3 is 2.43 bits per heavy atom. The summed E-state index contributed by atoms with van der Waals surface area (Å²) >= 11 is 0. The van der Waals surface area contributed by atoms with E-state index in [9.17, 15) is 24.3 Å². The second-order valence-corrected chi connectivity index (χ2v) is 8.44. The molecule has 164 valence electrons. The first kappa shape index (κ1) is 23.4. The highest BCUT2D eigenvalue weighted by Gasteiger charge is 2.34. The van der Waals surface area contributed by atoms with Gasteiger partial charge in [0.15, 0.2) is 5.78 Å². The maximum atomic E-state index is 12.8. The summed E-state index contributed by atoms with van der Waals surface area (Å²) in [5, 5.41) is 11.8. The fraction of sp³-hybridized carbons (Fsp3) is 0.545. The van der Waals surface area contributed by atoms with E-state index in [1.807, 2.05) is 30.3 Å². The van der Waals surface area contributed by atoms with E-state index in [-0.39, 0.29) is 31.0 Å². The molecule has 1 aliphatic rings. The Hall–Kier alpha value is -2.90. The Morgan fingerprint density at radius 1 is 1.17 bits per heavy atom. The van der Waals surface area contributed by atoms with Gasteiger partial charge >= 0.3 is 12.1 Å². The van der Waals surface area contributed by atoms with E-state index >= 15 is 0 Å². The summed E-state index contributed by atoms with van der Waals surface area (Å²) in [5.41, 5.74) is 0.158. The number of Topliss-reactive ketones (excluding diaryl/α,β-unsaturated/α-hetero) is 1. The Balaban J connectivity index is 2.01. The number of hydrogen-bond donors (Lipinski definition) is 2. The second-order valence-electron chi connectivity index (χ2n) is 8.44. The molecule has 1 fully saturated rings. The summed E-state index contributed by atoms with van der Waals surface area (Å²) in [4.78, 5) is 50.1. The van der Waals surface area contributed by atoms with Crippen molar-refractivity contribution in [1.29, 1.82) is 0 Å². The summed E-state index contributed by atoms with van der Waals surface area (Å²) in [7, 11) is 0. The molecule has 8 nitrogen and oxygen atoms in total. The zero-order valence-electron chi connectivity index (χ0n) is 17.7. The average molecular weight is 418 g/mol. The van der Waals surface area contributed by atoms with Crippen molar-refractivity contribution in [2.45, 2.75) is 70.6 Å². The minimum atomic E-state index is -1.03. The van der Waals surface area contributed by atoms with Crippen molar-refractivity contribution in [1.82, 2.24) is 10.2 Å². The molecule has 2 atom stereocenters. The lowest BCUT2D eigenvalue weighted by Gasteiger charge is -2.24. The molecule has 2 amide bonds. The topological polar surface area (TPSA) is 113 Å². The Bertz CT molecular complexity index is 772. The number of nitrogens with zero attached hydrogens (tertiary/aromatic N) is 1. The number of carbonyl (C=O) groups is 4. The van der Waals surface area contributed by atoms with Gasteiger partial charge in [-0.2, -0.15) is 0 Å². The van der Waals surface area contributed by atoms with Gasteiger partial charge in [0.25, 0.3) is 0 Å². The molecular formula is C22H30N2O6. The van der Waals surface area contributed by atoms with Crippen LogP contribution < -0.4 is 5.32 Å². The lowest BCUT2D eigenvalue weighted by molar-refractivity contribution is -0.148. The Labute approximate surface area is 176 Å². The van der Waals surface area contributed by atoms with Crippen LogP contribution in [0, 0.1) is 0 Å². The number of rotatable bonds is 8. The smallest absolute Gasteiger partial charge is 0.408 e. The van der Waals surface area contributed by atoms with Gasteiger partial charge in [-0.1, -0.05) is 30.3 Å². The number of ether oxygens (including phenoxy) is 1. The van der Waals surface area contributed by atoms with Crippen LogP contribution in [0.4, 0.5) is 4.79 Å². The van der Waals surface area contributed by atoms with Crippen LogP contribution in [0.2, 0.25) is 0 Å². The van der Waals surface area contributed by atoms with E-state index in [0.29, 0.717) is 19.4 Å². The van der Waals surface area contributed by atoms with E-state index in [4.69, 9.17) is 4.74 Å². The lowest BCUT2D eigenvalue weighted by atomic mass is 9.99. The van der Waals surface area contributed by atoms with Crippen molar-refractivity contribution in [2.24, 2.45) is 0 Å². The average Bonchev–Trinajstić information content (AvgIpc) is 3.15. The zero-order chi connectivity index (χ0) is 22.3. The highest BCUT2D eigenvalue weighted by Crippen LogP contribution is 2.19. The van der Waals surface area contributed by atoms with Gasteiger partial charge in [-0.15, -0.1) is 0 Å². The summed E-state index contributed by atoms with van der Waals surface area (Å²) in [6.45, 7) is 5.57. The fourth-order valence-electron chi connectivity index (χ4n) is 3.41. The van der Waals surface area contributed by atoms with E-state index in [1.165, 1.54) is 4.90 Å². The molecule has 0 radical (unpaired) electrons. The van der Waals surface area contributed by atoms with Crippen LogP contribution in [0.1, 0.15) is 52.0 Å². The standard InChI is InChI=1S/C22H30N2O6/c1-22(2,3)30-21(29)23-16(14-15-8-5-4-6-9-15)18(25)11-12-19(26)24-13-7-10-17(24)20(27)28/h4-6,8-9,16-17H,7,10-14H2,1-3H3,(H,23,29)(H,27,28)/t16?,17-/m0/s1. The van der Waals surface area contributed by atoms with E-state index in [0.717, 1.165) is 5.56 Å². The maximum Gasteiger partial charge on any atom is 0.408 e. The summed E-state index contributed by atoms with van der Waals surface area (Å²) in [6.07, 6.45) is 0.445. The molecule has 0 saturated carbocycles. The molecule has 2 rings (SSSR count). The molecule has 30 heavy (non-hydrogen) atoms. The minimum absolute atomic E-state index is 0.0883. The van der Waals surface area contributed by atoms with Crippen molar-refractivity contribution < 1.29 is 29.0 Å². The molecule has 8 heteroatoms. The molecular weight excluding hydrogens is 388 g/mol. The predicted octanol–water partition coefficient (Wildman–Crippen LogP) is 2.55. The first-order valence-electron chi connectivity index (χ1n) is 10.2. The molecule has 1 saturated heterocycles. The van der Waals surface area contributed by atoms with Crippen LogP contribution in [0.15, 0.2) is 30.3 Å². The molecule has 2 N–H and O–H groups in total. The van der Waals surface area contributed by atoms with Gasteiger partial charge in [-0.05, 0) is 45.6 Å². The number of likely N-dealkylation sites (tertiary alicyclic amines) is 1. The molecule has 1 aromatic rings. The molecule has 1 aliphatic heterocycles. The van der Waals surface area contributed by atoms with E-state index < -0.39 is 29.7 Å². The monoisotopic (exact) mass is 418 g/mol. The number of carboxylic acid groups (broad SMARTS) is 1. The number of ketones is 1. The SMILES string of the molecule is CC(C)(C)OC(=O)NC(Cc1ccccc1)C(=O)CCC(=O)N1CCC[C@H]1C(=O)O. The number of amides is 2. The van der Waals surface area contributed by atoms with Crippen molar-refractivity contribution in [3.05, 3.63) is 35.9 Å². The highest BCUT2D eigenvalue weighted by atomic mass is 16.6. The van der Waals surface area contributed by atoms with Crippen molar-refractivity contribution >= 4 is 23.8 Å². The van der Waals surface area contributed by atoms with Crippen LogP contribution in [-0.4, -0.2) is 58.0 Å². The number of alkyl carbamates (subject to hydrolysis) is 1. The van der Waals surface area contributed by atoms with Crippen LogP contribution >= 0.6 is 0 Å². The van der Waals surface area contributed by atoms with Crippen LogP contribution in [-0.2, 0) is 25.5 Å². The predicted molar refractivity (Wildman–Crippen MR) is 110 cm³/mol. The Kier molecular flexibility index (Phi) is 7.97. The molecule has 1 aromatic carbocycles. The van der Waals surface area contributed by atoms with Gasteiger partial charge in [-0.25, -0.2) is 9.59 Å². The van der Waals surface area contributed by atoms with Gasteiger partial charge in [0, 0.05) is 19.4 Å². The van der Waals surface area contributed by atoms with Crippen LogP contribution in [0.5, 0.6) is 0 Å². The minimum Gasteiger partial charge on any atom is -0.480 e. The molecule has 0 spiro atoms. The third-order valence-corrected chi connectivity index (χ3v) is 4.81. The second kappa shape index (κ2) is 10.2. The lowest BCUT2D eigenvalue weighted by Crippen LogP contribution is -2.45. The van der Waals surface area contributed by atoms with Gasteiger partial charge in [0.1, 0.15) is 11.6 Å². The summed E-state index contributed by atoms with van der Waals surface area (Å²) in [6, 6.07) is 7.57. The third kappa shape index (κ3) is 7.17. The van der Waals surface area contributed by atoms with Crippen molar-refractivity contribution in [2.75, 3.05) is 6.54 Å². The molecule has 0 aromatic heterocycles. The van der Waals surface area contributed by atoms with Gasteiger partial charge < -0.3 is 20.1 Å². The number of carboxylic acids is 1. The van der Waals surface area contributed by atoms with Crippen LogP contribution in [0.3, 0.4) is 0 Å². The Morgan fingerprint density at radius 2 is 1.83 bits per heavy atom. The maximum absolute atomic E-state index is 12.8. The third-order valence-electron chi connectivity index (χ3n) is 4.81. The summed E-state index contributed by atoms with van der Waals surface area (Å²) in [5.74, 6) is -1.69. The molecule has 0 aliphatic carbocycles. The number of carbonyl (C=O) groups excluding carboxylic acids is 3. The van der Waals surface area contributed by atoms with E-state index in [1.54, 1.807) is 20.8 Å². The van der Waals surface area contributed by atoms with E-state index in [2.05, 4.69) is 5.32 Å². The first-order valence-corrected chi connectivity index (χ1v) is 10.2. The van der Waals surface area contributed by atoms with Gasteiger partial charge in [-0.3, -0.25) is 9.59 Å². The normalized spacial score (nSPS) is 17.3. The van der Waals surface area contributed by atoms with Crippen molar-refractivity contribution in [3.63, 3.8) is 0 Å². The molecule has 1 unspecified atom stereocenters. The van der Waals surface area contributed by atoms with Crippen LogP contribution in [0.25, 0.3) is 0 Å².